The molecule has 2 rings (SSSR count). The van der Waals surface area contributed by atoms with Gasteiger partial charge in [-0.25, -0.2) is 4.98 Å². The summed E-state index contributed by atoms with van der Waals surface area (Å²) in [6.07, 6.45) is 5.69. The van der Waals surface area contributed by atoms with E-state index in [0.29, 0.717) is 6.42 Å². The van der Waals surface area contributed by atoms with E-state index >= 15 is 0 Å². The minimum atomic E-state index is -0.362. The molecule has 1 aromatic heterocycles. The van der Waals surface area contributed by atoms with Crippen molar-refractivity contribution in [2.45, 2.75) is 64.0 Å². The summed E-state index contributed by atoms with van der Waals surface area (Å²) in [5.41, 5.74) is 1.08. The van der Waals surface area contributed by atoms with Crippen molar-refractivity contribution in [2.75, 3.05) is 0 Å². The highest BCUT2D eigenvalue weighted by Crippen LogP contribution is 2.18. The van der Waals surface area contributed by atoms with E-state index in [1.807, 2.05) is 6.92 Å². The normalized spacial score (nSPS) is 23.3. The largest absolute Gasteiger partial charge is 0.391 e. The Morgan fingerprint density at radius 1 is 1.53 bits per heavy atom. The first-order valence-electron chi connectivity index (χ1n) is 7.03. The van der Waals surface area contributed by atoms with Crippen LogP contribution in [0.1, 0.15) is 49.2 Å². The Kier molecular flexibility index (Phi) is 5.34. The Labute approximate surface area is 118 Å². The molecule has 1 fully saturated rings. The molecule has 0 radical (unpaired) electrons. The molecule has 1 amide bonds. The van der Waals surface area contributed by atoms with Crippen LogP contribution in [0.5, 0.6) is 0 Å². The average molecular weight is 282 g/mol. The molecule has 1 heterocycles. The van der Waals surface area contributed by atoms with Crippen molar-refractivity contribution in [1.29, 1.82) is 0 Å². The highest BCUT2D eigenvalue weighted by atomic mass is 32.1. The number of carbonyl (C=O) groups excluding carboxylic acids is 1. The van der Waals surface area contributed by atoms with E-state index in [9.17, 15) is 9.90 Å². The van der Waals surface area contributed by atoms with Crippen LogP contribution in [0.3, 0.4) is 0 Å². The van der Waals surface area contributed by atoms with Crippen LogP contribution < -0.4 is 5.32 Å². The molecular weight excluding hydrogens is 260 g/mol. The lowest BCUT2D eigenvalue weighted by Crippen LogP contribution is -2.45. The minimum Gasteiger partial charge on any atom is -0.391 e. The summed E-state index contributed by atoms with van der Waals surface area (Å²) >= 11 is 1.65. The van der Waals surface area contributed by atoms with Crippen molar-refractivity contribution < 1.29 is 9.90 Å². The van der Waals surface area contributed by atoms with Crippen LogP contribution in [0, 0.1) is 6.92 Å². The number of aliphatic hydroxyl groups is 1. The Balaban J connectivity index is 1.66. The van der Waals surface area contributed by atoms with Gasteiger partial charge in [-0.2, -0.15) is 0 Å². The number of amides is 1. The average Bonchev–Trinajstić information content (AvgIpc) is 2.78. The van der Waals surface area contributed by atoms with Crippen LogP contribution >= 0.6 is 11.3 Å². The number of aromatic nitrogens is 1. The zero-order valence-electron chi connectivity index (χ0n) is 11.4. The summed E-state index contributed by atoms with van der Waals surface area (Å²) in [6.45, 7) is 1.99. The number of aliphatic hydroxyl groups excluding tert-OH is 1. The van der Waals surface area contributed by atoms with Gasteiger partial charge in [0.15, 0.2) is 0 Å². The van der Waals surface area contributed by atoms with Crippen molar-refractivity contribution in [3.05, 3.63) is 16.1 Å². The van der Waals surface area contributed by atoms with Crippen molar-refractivity contribution >= 4 is 17.2 Å². The molecule has 0 bridgehead atoms. The van der Waals surface area contributed by atoms with Gasteiger partial charge < -0.3 is 10.4 Å². The maximum Gasteiger partial charge on any atom is 0.220 e. The second-order valence-corrected chi connectivity index (χ2v) is 6.30. The van der Waals surface area contributed by atoms with Gasteiger partial charge in [0.25, 0.3) is 0 Å². The highest BCUT2D eigenvalue weighted by molar-refractivity contribution is 7.09. The van der Waals surface area contributed by atoms with E-state index in [0.717, 1.165) is 49.2 Å². The summed E-state index contributed by atoms with van der Waals surface area (Å²) in [6, 6.07) is -0.0391. The van der Waals surface area contributed by atoms with Gasteiger partial charge >= 0.3 is 0 Å². The van der Waals surface area contributed by atoms with Crippen molar-refractivity contribution in [3.63, 3.8) is 0 Å². The first-order valence-corrected chi connectivity index (χ1v) is 7.91. The second-order valence-electron chi connectivity index (χ2n) is 5.24. The molecule has 2 unspecified atom stereocenters. The van der Waals surface area contributed by atoms with Crippen LogP contribution in [0.4, 0.5) is 0 Å². The molecule has 5 heteroatoms. The molecule has 0 spiro atoms. The van der Waals surface area contributed by atoms with E-state index in [-0.39, 0.29) is 18.1 Å². The van der Waals surface area contributed by atoms with E-state index in [2.05, 4.69) is 15.7 Å². The number of nitrogens with one attached hydrogen (secondary N) is 1. The van der Waals surface area contributed by atoms with Gasteiger partial charge in [-0.1, -0.05) is 12.8 Å². The predicted molar refractivity (Wildman–Crippen MR) is 76.2 cm³/mol. The zero-order valence-corrected chi connectivity index (χ0v) is 12.2. The number of hydrogen-bond acceptors (Lipinski definition) is 4. The van der Waals surface area contributed by atoms with Gasteiger partial charge in [-0.3, -0.25) is 4.79 Å². The molecule has 4 nitrogen and oxygen atoms in total. The fourth-order valence-electron chi connectivity index (χ4n) is 2.51. The zero-order chi connectivity index (χ0) is 13.7. The van der Waals surface area contributed by atoms with E-state index < -0.39 is 0 Å². The number of aryl methyl sites for hydroxylation is 2. The third-order valence-corrected chi connectivity index (χ3v) is 4.40. The third-order valence-electron chi connectivity index (χ3n) is 3.58. The topological polar surface area (TPSA) is 62.2 Å². The van der Waals surface area contributed by atoms with Crippen LogP contribution in [0.2, 0.25) is 0 Å². The molecule has 0 saturated heterocycles. The first kappa shape index (κ1) is 14.5. The van der Waals surface area contributed by atoms with Gasteiger partial charge in [0.2, 0.25) is 5.91 Å². The number of thiazole rings is 1. The quantitative estimate of drug-likeness (QED) is 0.870. The number of hydrogen-bond donors (Lipinski definition) is 2. The van der Waals surface area contributed by atoms with E-state index in [1.165, 1.54) is 0 Å². The fourth-order valence-corrected chi connectivity index (χ4v) is 3.16. The lowest BCUT2D eigenvalue weighted by atomic mass is 9.92. The van der Waals surface area contributed by atoms with Crippen LogP contribution in [-0.2, 0) is 11.2 Å². The molecular formula is C14H22N2O2S. The summed E-state index contributed by atoms with van der Waals surface area (Å²) in [5.74, 6) is 0.0536. The molecule has 1 aromatic rings. The third kappa shape index (κ3) is 4.58. The first-order chi connectivity index (χ1) is 9.15. The standard InChI is InChI=1S/C14H22N2O2S/c1-10-15-11(9-19-10)5-4-8-14(18)16-12-6-2-3-7-13(12)17/h9,12-13,17H,2-8H2,1H3,(H,16,18). The minimum absolute atomic E-state index is 0.0391. The van der Waals surface area contributed by atoms with Gasteiger partial charge in [-0.15, -0.1) is 11.3 Å². The lowest BCUT2D eigenvalue weighted by Gasteiger charge is -2.28. The number of rotatable bonds is 5. The predicted octanol–water partition coefficient (Wildman–Crippen LogP) is 2.19. The smallest absolute Gasteiger partial charge is 0.220 e. The summed E-state index contributed by atoms with van der Waals surface area (Å²) in [5, 5.41) is 15.9. The Hall–Kier alpha value is -0.940. The Morgan fingerprint density at radius 3 is 3.00 bits per heavy atom. The van der Waals surface area contributed by atoms with Crippen molar-refractivity contribution in [1.82, 2.24) is 10.3 Å². The molecule has 0 aliphatic heterocycles. The summed E-state index contributed by atoms with van der Waals surface area (Å²) in [7, 11) is 0. The van der Waals surface area contributed by atoms with Gasteiger partial charge in [0, 0.05) is 11.8 Å². The fraction of sp³-hybridized carbons (Fsp3) is 0.714. The molecule has 2 N–H and O–H groups in total. The van der Waals surface area contributed by atoms with Gasteiger partial charge in [0.05, 0.1) is 22.8 Å². The molecule has 106 valence electrons. The van der Waals surface area contributed by atoms with Gasteiger partial charge in [-0.05, 0) is 32.6 Å². The molecule has 2 atom stereocenters. The van der Waals surface area contributed by atoms with E-state index in [1.54, 1.807) is 11.3 Å². The lowest BCUT2D eigenvalue weighted by molar-refractivity contribution is -0.123. The number of carbonyl (C=O) groups is 1. The number of nitrogens with zero attached hydrogens (tertiary/aromatic N) is 1. The summed E-state index contributed by atoms with van der Waals surface area (Å²) in [4.78, 5) is 16.2. The van der Waals surface area contributed by atoms with Crippen LogP contribution in [0.15, 0.2) is 5.38 Å². The van der Waals surface area contributed by atoms with Crippen molar-refractivity contribution in [3.8, 4) is 0 Å². The van der Waals surface area contributed by atoms with Gasteiger partial charge in [0.1, 0.15) is 0 Å². The monoisotopic (exact) mass is 282 g/mol. The molecule has 1 saturated carbocycles. The highest BCUT2D eigenvalue weighted by Gasteiger charge is 2.24. The van der Waals surface area contributed by atoms with Crippen molar-refractivity contribution in [2.24, 2.45) is 0 Å². The molecule has 0 aromatic carbocycles. The molecule has 1 aliphatic carbocycles. The maximum absolute atomic E-state index is 11.8. The van der Waals surface area contributed by atoms with E-state index in [4.69, 9.17) is 0 Å². The molecule has 19 heavy (non-hydrogen) atoms. The SMILES string of the molecule is Cc1nc(CCCC(=O)NC2CCCCC2O)cs1. The molecule has 1 aliphatic rings. The Bertz CT molecular complexity index is 419. The van der Waals surface area contributed by atoms with Crippen LogP contribution in [-0.4, -0.2) is 28.1 Å². The summed E-state index contributed by atoms with van der Waals surface area (Å²) < 4.78 is 0. The second kappa shape index (κ2) is 7.01. The van der Waals surface area contributed by atoms with Crippen LogP contribution in [0.25, 0.3) is 0 Å². The Morgan fingerprint density at radius 2 is 2.32 bits per heavy atom. The maximum atomic E-state index is 11.8.